The van der Waals surface area contributed by atoms with Crippen LogP contribution >= 0.6 is 11.9 Å². The molecule has 0 radical (unpaired) electrons. The predicted octanol–water partition coefficient (Wildman–Crippen LogP) is 1.60. The number of benzene rings is 1. The summed E-state index contributed by atoms with van der Waals surface area (Å²) >= 11 is 0.946. The summed E-state index contributed by atoms with van der Waals surface area (Å²) in [6.45, 7) is 0. The molecule has 0 unspecified atom stereocenters. The number of rotatable bonds is 2. The second kappa shape index (κ2) is 3.50. The van der Waals surface area contributed by atoms with Gasteiger partial charge in [-0.25, -0.2) is 4.39 Å². The summed E-state index contributed by atoms with van der Waals surface area (Å²) < 4.78 is 12.7. The Balaban J connectivity index is 3.09. The van der Waals surface area contributed by atoms with Gasteiger partial charge in [0.2, 0.25) is 0 Å². The standard InChI is InChI=1S/C7H6FNOS/c8-7-3-6(11-9)2-1-5(7)4-10/h1-4H,9H2. The minimum atomic E-state index is -0.532. The number of nitrogens with two attached hydrogens (primary N) is 1. The van der Waals surface area contributed by atoms with Crippen molar-refractivity contribution in [2.24, 2.45) is 5.14 Å². The molecule has 0 saturated heterocycles. The van der Waals surface area contributed by atoms with Crippen LogP contribution in [0.2, 0.25) is 0 Å². The van der Waals surface area contributed by atoms with Crippen molar-refractivity contribution in [2.75, 3.05) is 0 Å². The van der Waals surface area contributed by atoms with Gasteiger partial charge in [0.15, 0.2) is 6.29 Å². The van der Waals surface area contributed by atoms with Crippen LogP contribution in [0.5, 0.6) is 0 Å². The van der Waals surface area contributed by atoms with Crippen LogP contribution in [0.25, 0.3) is 0 Å². The lowest BCUT2D eigenvalue weighted by Crippen LogP contribution is -1.88. The molecule has 0 bridgehead atoms. The molecule has 0 atom stereocenters. The molecule has 0 aliphatic heterocycles. The fourth-order valence-electron chi connectivity index (χ4n) is 0.677. The summed E-state index contributed by atoms with van der Waals surface area (Å²) in [6, 6.07) is 4.23. The fourth-order valence-corrected chi connectivity index (χ4v) is 0.995. The van der Waals surface area contributed by atoms with Crippen molar-refractivity contribution >= 4 is 18.2 Å². The minimum Gasteiger partial charge on any atom is -0.298 e. The smallest absolute Gasteiger partial charge is 0.152 e. The van der Waals surface area contributed by atoms with E-state index in [9.17, 15) is 9.18 Å². The average Bonchev–Trinajstić information content (AvgIpc) is 2.04. The Morgan fingerprint density at radius 2 is 2.27 bits per heavy atom. The highest BCUT2D eigenvalue weighted by Crippen LogP contribution is 2.14. The number of carbonyl (C=O) groups excluding carboxylic acids is 1. The molecular formula is C7H6FNOS. The van der Waals surface area contributed by atoms with E-state index in [-0.39, 0.29) is 5.56 Å². The lowest BCUT2D eigenvalue weighted by molar-refractivity contribution is 0.111. The van der Waals surface area contributed by atoms with Crippen molar-refractivity contribution in [1.29, 1.82) is 0 Å². The monoisotopic (exact) mass is 171 g/mol. The molecule has 2 N–H and O–H groups in total. The van der Waals surface area contributed by atoms with Crippen LogP contribution in [0.3, 0.4) is 0 Å². The Morgan fingerprint density at radius 1 is 1.55 bits per heavy atom. The number of hydrogen-bond acceptors (Lipinski definition) is 3. The third-order valence-corrected chi connectivity index (χ3v) is 1.76. The van der Waals surface area contributed by atoms with E-state index >= 15 is 0 Å². The number of hydrogen-bond donors (Lipinski definition) is 1. The largest absolute Gasteiger partial charge is 0.298 e. The van der Waals surface area contributed by atoms with E-state index < -0.39 is 5.82 Å². The third-order valence-electron chi connectivity index (χ3n) is 1.23. The normalized spacial score (nSPS) is 9.64. The first-order valence-electron chi connectivity index (χ1n) is 2.89. The SMILES string of the molecule is NSc1ccc(C=O)c(F)c1. The maximum atomic E-state index is 12.7. The maximum Gasteiger partial charge on any atom is 0.152 e. The van der Waals surface area contributed by atoms with Gasteiger partial charge in [-0.3, -0.25) is 9.93 Å². The summed E-state index contributed by atoms with van der Waals surface area (Å²) in [4.78, 5) is 10.8. The molecule has 0 aromatic heterocycles. The molecule has 1 rings (SSSR count). The first kappa shape index (κ1) is 8.23. The summed E-state index contributed by atoms with van der Waals surface area (Å²) in [5, 5.41) is 5.17. The topological polar surface area (TPSA) is 43.1 Å². The van der Waals surface area contributed by atoms with E-state index in [4.69, 9.17) is 5.14 Å². The number of carbonyl (C=O) groups is 1. The minimum absolute atomic E-state index is 0.0581. The second-order valence-electron chi connectivity index (χ2n) is 1.92. The van der Waals surface area contributed by atoms with Crippen LogP contribution in [0.4, 0.5) is 4.39 Å². The lowest BCUT2D eigenvalue weighted by Gasteiger charge is -1.96. The third kappa shape index (κ3) is 1.78. The molecule has 0 aliphatic rings. The van der Waals surface area contributed by atoms with E-state index in [0.717, 1.165) is 11.9 Å². The highest BCUT2D eigenvalue weighted by atomic mass is 32.2. The van der Waals surface area contributed by atoms with Crippen LogP contribution in [0.1, 0.15) is 10.4 Å². The van der Waals surface area contributed by atoms with Gasteiger partial charge in [0.1, 0.15) is 5.82 Å². The van der Waals surface area contributed by atoms with Crippen molar-refractivity contribution in [3.8, 4) is 0 Å². The summed E-state index contributed by atoms with van der Waals surface area (Å²) in [7, 11) is 0. The van der Waals surface area contributed by atoms with E-state index in [1.807, 2.05) is 0 Å². The Labute approximate surface area is 67.7 Å². The zero-order valence-corrected chi connectivity index (χ0v) is 6.40. The van der Waals surface area contributed by atoms with Gasteiger partial charge in [-0.2, -0.15) is 0 Å². The summed E-state index contributed by atoms with van der Waals surface area (Å²) in [6.07, 6.45) is 0.473. The van der Waals surface area contributed by atoms with Gasteiger partial charge in [-0.1, -0.05) is 0 Å². The van der Waals surface area contributed by atoms with Crippen molar-refractivity contribution in [3.63, 3.8) is 0 Å². The van der Waals surface area contributed by atoms with Gasteiger partial charge < -0.3 is 0 Å². The van der Waals surface area contributed by atoms with E-state index in [1.165, 1.54) is 12.1 Å². The Morgan fingerprint density at radius 3 is 2.73 bits per heavy atom. The zero-order valence-electron chi connectivity index (χ0n) is 5.58. The molecule has 58 valence electrons. The van der Waals surface area contributed by atoms with E-state index in [0.29, 0.717) is 11.2 Å². The molecule has 4 heteroatoms. The maximum absolute atomic E-state index is 12.7. The number of aldehydes is 1. The van der Waals surface area contributed by atoms with Crippen LogP contribution in [-0.2, 0) is 0 Å². The summed E-state index contributed by atoms with van der Waals surface area (Å²) in [5.41, 5.74) is 0.0581. The molecule has 0 fully saturated rings. The Kier molecular flexibility index (Phi) is 2.62. The first-order valence-corrected chi connectivity index (χ1v) is 3.77. The number of halogens is 1. The van der Waals surface area contributed by atoms with Gasteiger partial charge in [0.05, 0.1) is 5.56 Å². The highest BCUT2D eigenvalue weighted by Gasteiger charge is 2.00. The van der Waals surface area contributed by atoms with Gasteiger partial charge >= 0.3 is 0 Å². The van der Waals surface area contributed by atoms with Crippen LogP contribution in [0.15, 0.2) is 23.1 Å². The van der Waals surface area contributed by atoms with Gasteiger partial charge in [-0.15, -0.1) is 0 Å². The Bertz CT molecular complexity index is 277. The second-order valence-corrected chi connectivity index (χ2v) is 2.63. The van der Waals surface area contributed by atoms with Crippen molar-refractivity contribution in [3.05, 3.63) is 29.6 Å². The van der Waals surface area contributed by atoms with Crippen LogP contribution in [0, 0.1) is 5.82 Å². The van der Waals surface area contributed by atoms with Crippen LogP contribution < -0.4 is 5.14 Å². The fraction of sp³-hybridized carbons (Fsp3) is 0. The van der Waals surface area contributed by atoms with Gasteiger partial charge in [0.25, 0.3) is 0 Å². The highest BCUT2D eigenvalue weighted by molar-refractivity contribution is 7.97. The van der Waals surface area contributed by atoms with Gasteiger partial charge in [0, 0.05) is 4.90 Å². The molecule has 1 aromatic carbocycles. The first-order chi connectivity index (χ1) is 5.27. The zero-order chi connectivity index (χ0) is 8.27. The van der Waals surface area contributed by atoms with Crippen molar-refractivity contribution in [1.82, 2.24) is 0 Å². The van der Waals surface area contributed by atoms with Crippen molar-refractivity contribution in [2.45, 2.75) is 4.90 Å². The molecule has 0 heterocycles. The molecular weight excluding hydrogens is 165 g/mol. The molecule has 0 aliphatic carbocycles. The molecule has 2 nitrogen and oxygen atoms in total. The molecule has 0 saturated carbocycles. The Hall–Kier alpha value is -0.870. The van der Waals surface area contributed by atoms with Gasteiger partial charge in [-0.05, 0) is 30.1 Å². The predicted molar refractivity (Wildman–Crippen MR) is 41.8 cm³/mol. The quantitative estimate of drug-likeness (QED) is 0.543. The van der Waals surface area contributed by atoms with Crippen molar-refractivity contribution < 1.29 is 9.18 Å². The summed E-state index contributed by atoms with van der Waals surface area (Å²) in [5.74, 6) is -0.532. The lowest BCUT2D eigenvalue weighted by atomic mass is 10.2. The molecule has 1 aromatic rings. The average molecular weight is 171 g/mol. The van der Waals surface area contributed by atoms with E-state index in [2.05, 4.69) is 0 Å². The van der Waals surface area contributed by atoms with E-state index in [1.54, 1.807) is 6.07 Å². The van der Waals surface area contributed by atoms with Crippen LogP contribution in [-0.4, -0.2) is 6.29 Å². The molecule has 11 heavy (non-hydrogen) atoms. The molecule has 0 spiro atoms. The molecule has 0 amide bonds.